The zero-order valence-corrected chi connectivity index (χ0v) is 21.5. The summed E-state index contributed by atoms with van der Waals surface area (Å²) < 4.78 is 0. The molecule has 0 fully saturated rings. The van der Waals surface area contributed by atoms with Crippen LogP contribution < -0.4 is 5.32 Å². The number of rotatable bonds is 10. The fraction of sp³-hybridized carbons (Fsp3) is 0.385. The van der Waals surface area contributed by atoms with Gasteiger partial charge in [-0.1, -0.05) is 48.3 Å². The summed E-state index contributed by atoms with van der Waals surface area (Å²) in [6, 6.07) is 10.9. The van der Waals surface area contributed by atoms with E-state index in [1.807, 2.05) is 20.8 Å². The lowest BCUT2D eigenvalue weighted by molar-refractivity contribution is -0.141. The number of imide groups is 1. The van der Waals surface area contributed by atoms with Crippen LogP contribution in [0.2, 0.25) is 10.0 Å². The Labute approximate surface area is 215 Å². The molecule has 35 heavy (non-hydrogen) atoms. The van der Waals surface area contributed by atoms with Crippen molar-refractivity contribution in [2.75, 3.05) is 6.54 Å². The van der Waals surface area contributed by atoms with Gasteiger partial charge in [-0.3, -0.25) is 24.1 Å². The van der Waals surface area contributed by atoms with Crippen molar-refractivity contribution in [3.63, 3.8) is 0 Å². The minimum absolute atomic E-state index is 0.0426. The Morgan fingerprint density at radius 3 is 2.06 bits per heavy atom. The molecule has 2 aromatic carbocycles. The average molecular weight is 518 g/mol. The highest BCUT2D eigenvalue weighted by Gasteiger charge is 2.35. The van der Waals surface area contributed by atoms with E-state index in [2.05, 4.69) is 5.32 Å². The minimum atomic E-state index is -0.725. The van der Waals surface area contributed by atoms with Crippen LogP contribution in [0.15, 0.2) is 42.5 Å². The largest absolute Gasteiger partial charge is 0.352 e. The van der Waals surface area contributed by atoms with Crippen molar-refractivity contribution in [2.24, 2.45) is 0 Å². The summed E-state index contributed by atoms with van der Waals surface area (Å²) in [5, 5.41) is 3.68. The van der Waals surface area contributed by atoms with Crippen LogP contribution in [-0.4, -0.2) is 52.1 Å². The average Bonchev–Trinajstić information content (AvgIpc) is 3.05. The Morgan fingerprint density at radius 2 is 1.54 bits per heavy atom. The maximum Gasteiger partial charge on any atom is 0.261 e. The number of nitrogens with zero attached hydrogens (tertiary/aromatic N) is 2. The van der Waals surface area contributed by atoms with Crippen molar-refractivity contribution in [2.45, 2.75) is 58.7 Å². The Morgan fingerprint density at radius 1 is 0.971 bits per heavy atom. The van der Waals surface area contributed by atoms with Gasteiger partial charge in [0.05, 0.1) is 11.1 Å². The predicted molar refractivity (Wildman–Crippen MR) is 135 cm³/mol. The summed E-state index contributed by atoms with van der Waals surface area (Å²) in [7, 11) is 0. The highest BCUT2D eigenvalue weighted by Crippen LogP contribution is 2.28. The maximum absolute atomic E-state index is 13.4. The van der Waals surface area contributed by atoms with Crippen LogP contribution in [0.5, 0.6) is 0 Å². The molecule has 4 amide bonds. The zero-order chi connectivity index (χ0) is 25.7. The molecule has 1 N–H and O–H groups in total. The van der Waals surface area contributed by atoms with E-state index < -0.39 is 6.04 Å². The molecule has 1 heterocycles. The number of carbonyl (C=O) groups excluding carboxylic acids is 4. The molecule has 0 aromatic heterocycles. The lowest BCUT2D eigenvalue weighted by atomic mass is 10.1. The number of benzene rings is 2. The zero-order valence-electron chi connectivity index (χ0n) is 20.0. The molecule has 9 heteroatoms. The minimum Gasteiger partial charge on any atom is -0.352 e. The second-order valence-corrected chi connectivity index (χ2v) is 9.53. The fourth-order valence-corrected chi connectivity index (χ4v) is 4.65. The Hall–Kier alpha value is -2.90. The normalized spacial score (nSPS) is 13.7. The second-order valence-electron chi connectivity index (χ2n) is 8.72. The van der Waals surface area contributed by atoms with E-state index >= 15 is 0 Å². The second kappa shape index (κ2) is 11.7. The number of halogens is 2. The van der Waals surface area contributed by atoms with Crippen molar-refractivity contribution >= 4 is 46.8 Å². The number of amides is 4. The molecule has 0 radical (unpaired) electrons. The van der Waals surface area contributed by atoms with Gasteiger partial charge in [0.15, 0.2) is 0 Å². The van der Waals surface area contributed by atoms with Gasteiger partial charge in [0, 0.05) is 41.2 Å². The highest BCUT2D eigenvalue weighted by molar-refractivity contribution is 6.36. The Balaban J connectivity index is 1.75. The summed E-state index contributed by atoms with van der Waals surface area (Å²) in [6.07, 6.45) is 0.699. The summed E-state index contributed by atoms with van der Waals surface area (Å²) in [6.45, 7) is 5.70. The molecule has 186 valence electrons. The first-order chi connectivity index (χ1) is 16.6. The van der Waals surface area contributed by atoms with Crippen LogP contribution in [0, 0.1) is 0 Å². The molecule has 1 aliphatic heterocycles. The number of hydrogen-bond acceptors (Lipinski definition) is 4. The van der Waals surface area contributed by atoms with Crippen molar-refractivity contribution in [1.82, 2.24) is 15.1 Å². The first kappa shape index (κ1) is 26.7. The van der Waals surface area contributed by atoms with E-state index in [0.717, 1.165) is 4.90 Å². The molecule has 0 unspecified atom stereocenters. The number of carbonyl (C=O) groups is 4. The molecule has 1 aliphatic rings. The van der Waals surface area contributed by atoms with Gasteiger partial charge in [-0.05, 0) is 51.0 Å². The van der Waals surface area contributed by atoms with E-state index in [1.165, 1.54) is 4.90 Å². The third kappa shape index (κ3) is 6.03. The molecule has 0 bridgehead atoms. The molecule has 7 nitrogen and oxygen atoms in total. The number of fused-ring (bicyclic) bond motifs is 1. The molecular formula is C26H29Cl2N3O4. The van der Waals surface area contributed by atoms with Crippen LogP contribution in [0.4, 0.5) is 0 Å². The van der Waals surface area contributed by atoms with E-state index in [1.54, 1.807) is 42.5 Å². The van der Waals surface area contributed by atoms with Gasteiger partial charge in [-0.2, -0.15) is 0 Å². The van der Waals surface area contributed by atoms with E-state index in [9.17, 15) is 19.2 Å². The predicted octanol–water partition coefficient (Wildman–Crippen LogP) is 4.70. The van der Waals surface area contributed by atoms with Crippen molar-refractivity contribution in [1.29, 1.82) is 0 Å². The molecular weight excluding hydrogens is 489 g/mol. The smallest absolute Gasteiger partial charge is 0.261 e. The van der Waals surface area contributed by atoms with Gasteiger partial charge in [-0.15, -0.1) is 0 Å². The summed E-state index contributed by atoms with van der Waals surface area (Å²) >= 11 is 12.7. The van der Waals surface area contributed by atoms with Crippen LogP contribution in [0.25, 0.3) is 0 Å². The Kier molecular flexibility index (Phi) is 8.92. The summed E-state index contributed by atoms with van der Waals surface area (Å²) in [5.41, 5.74) is 1.30. The summed E-state index contributed by atoms with van der Waals surface area (Å²) in [4.78, 5) is 54.2. The van der Waals surface area contributed by atoms with Gasteiger partial charge in [0.2, 0.25) is 11.8 Å². The molecule has 2 aromatic rings. The number of hydrogen-bond donors (Lipinski definition) is 1. The first-order valence-electron chi connectivity index (χ1n) is 11.6. The van der Waals surface area contributed by atoms with Crippen LogP contribution in [0.3, 0.4) is 0 Å². The standard InChI is InChI=1S/C26H29Cl2N3O4/c1-4-22(24(33)29-16(2)3)31(15-19-20(27)11-7-12-21(19)28)23(32)13-8-14-30-25(34)17-9-5-6-10-18(17)26(30)35/h5-7,9-12,16,22H,4,8,13-15H2,1-3H3,(H,29,33)/t22-/m0/s1. The quantitative estimate of drug-likeness (QED) is 0.462. The molecule has 1 atom stereocenters. The SMILES string of the molecule is CC[C@@H](C(=O)NC(C)C)N(Cc1c(Cl)cccc1Cl)C(=O)CCCN1C(=O)c2ccccc2C1=O. The van der Waals surface area contributed by atoms with Gasteiger partial charge in [0.1, 0.15) is 6.04 Å². The number of nitrogens with one attached hydrogen (secondary N) is 1. The third-order valence-corrected chi connectivity index (χ3v) is 6.57. The van der Waals surface area contributed by atoms with E-state index in [-0.39, 0.29) is 55.6 Å². The van der Waals surface area contributed by atoms with Crippen LogP contribution in [0.1, 0.15) is 66.3 Å². The topological polar surface area (TPSA) is 86.8 Å². The van der Waals surface area contributed by atoms with E-state index in [4.69, 9.17) is 23.2 Å². The lowest BCUT2D eigenvalue weighted by Crippen LogP contribution is -2.50. The highest BCUT2D eigenvalue weighted by atomic mass is 35.5. The van der Waals surface area contributed by atoms with E-state index in [0.29, 0.717) is 33.2 Å². The molecule has 0 spiro atoms. The van der Waals surface area contributed by atoms with Gasteiger partial charge < -0.3 is 10.2 Å². The molecule has 0 saturated heterocycles. The first-order valence-corrected chi connectivity index (χ1v) is 12.4. The molecule has 3 rings (SSSR count). The Bertz CT molecular complexity index is 1080. The lowest BCUT2D eigenvalue weighted by Gasteiger charge is -2.32. The fourth-order valence-electron chi connectivity index (χ4n) is 4.13. The van der Waals surface area contributed by atoms with Crippen molar-refractivity contribution in [3.05, 3.63) is 69.2 Å². The maximum atomic E-state index is 13.4. The molecule has 0 aliphatic carbocycles. The monoisotopic (exact) mass is 517 g/mol. The van der Waals surface area contributed by atoms with Crippen LogP contribution >= 0.6 is 23.2 Å². The van der Waals surface area contributed by atoms with Gasteiger partial charge >= 0.3 is 0 Å². The van der Waals surface area contributed by atoms with Gasteiger partial charge in [-0.25, -0.2) is 0 Å². The van der Waals surface area contributed by atoms with Crippen molar-refractivity contribution in [3.8, 4) is 0 Å². The molecule has 0 saturated carbocycles. The van der Waals surface area contributed by atoms with Crippen LogP contribution in [-0.2, 0) is 16.1 Å². The van der Waals surface area contributed by atoms with Crippen molar-refractivity contribution < 1.29 is 19.2 Å². The van der Waals surface area contributed by atoms with Gasteiger partial charge in [0.25, 0.3) is 11.8 Å². The third-order valence-electron chi connectivity index (χ3n) is 5.86. The summed E-state index contributed by atoms with van der Waals surface area (Å²) in [5.74, 6) is -1.27.